The highest BCUT2D eigenvalue weighted by atomic mass is 32.2. The fourth-order valence-electron chi connectivity index (χ4n) is 2.70. The molecule has 3 aromatic rings. The molecule has 3 aromatic carbocycles. The van der Waals surface area contributed by atoms with Gasteiger partial charge in [0.2, 0.25) is 0 Å². The average molecular weight is 354 g/mol. The first-order valence-corrected chi connectivity index (χ1v) is 9.26. The van der Waals surface area contributed by atoms with Gasteiger partial charge in [0.1, 0.15) is 11.6 Å². The normalized spacial score (nSPS) is 12.0. The Morgan fingerprint density at radius 1 is 1.00 bits per heavy atom. The van der Waals surface area contributed by atoms with E-state index in [0.29, 0.717) is 10.6 Å². The highest BCUT2D eigenvalue weighted by Gasteiger charge is 2.11. The molecule has 0 aromatic heterocycles. The van der Waals surface area contributed by atoms with Crippen molar-refractivity contribution in [1.29, 1.82) is 0 Å². The molecule has 25 heavy (non-hydrogen) atoms. The fraction of sp³-hybridized carbons (Fsp3) is 0.143. The van der Waals surface area contributed by atoms with Gasteiger partial charge in [0.25, 0.3) is 0 Å². The standard InChI is InChI=1S/C21H19FO2S/c1-15-4-3-5-17(12-15)20-13-16(6-11-21(20)24-2)14-25(23)19-9-7-18(22)8-10-19/h3-13H,14H2,1-2H3. The SMILES string of the molecule is COc1ccc(CS(=O)c2ccc(F)cc2)cc1-c1cccc(C)c1. The van der Waals surface area contributed by atoms with Crippen LogP contribution in [0.15, 0.2) is 71.6 Å². The van der Waals surface area contributed by atoms with Crippen LogP contribution in [0.1, 0.15) is 11.1 Å². The highest BCUT2D eigenvalue weighted by Crippen LogP contribution is 2.32. The quantitative estimate of drug-likeness (QED) is 0.636. The first-order valence-electron chi connectivity index (χ1n) is 7.95. The molecule has 4 heteroatoms. The summed E-state index contributed by atoms with van der Waals surface area (Å²) in [5, 5.41) is 0. The lowest BCUT2D eigenvalue weighted by atomic mass is 10.0. The molecule has 0 aliphatic carbocycles. The molecule has 0 heterocycles. The van der Waals surface area contributed by atoms with Crippen molar-refractivity contribution in [3.8, 4) is 16.9 Å². The lowest BCUT2D eigenvalue weighted by molar-refractivity contribution is 0.416. The molecular formula is C21H19FO2S. The van der Waals surface area contributed by atoms with Gasteiger partial charge in [-0.05, 0) is 54.4 Å². The zero-order valence-corrected chi connectivity index (χ0v) is 15.0. The summed E-state index contributed by atoms with van der Waals surface area (Å²) in [5.74, 6) is 0.822. The van der Waals surface area contributed by atoms with Crippen molar-refractivity contribution in [2.24, 2.45) is 0 Å². The van der Waals surface area contributed by atoms with E-state index in [9.17, 15) is 8.60 Å². The summed E-state index contributed by atoms with van der Waals surface area (Å²) in [7, 11) is 0.416. The van der Waals surface area contributed by atoms with E-state index in [2.05, 4.69) is 6.07 Å². The second-order valence-corrected chi connectivity index (χ2v) is 7.30. The molecule has 0 aliphatic heterocycles. The molecule has 0 bridgehead atoms. The largest absolute Gasteiger partial charge is 0.496 e. The molecule has 0 fully saturated rings. The topological polar surface area (TPSA) is 26.3 Å². The number of halogens is 1. The van der Waals surface area contributed by atoms with Crippen molar-refractivity contribution in [1.82, 2.24) is 0 Å². The lowest BCUT2D eigenvalue weighted by Gasteiger charge is -2.12. The van der Waals surface area contributed by atoms with E-state index >= 15 is 0 Å². The summed E-state index contributed by atoms with van der Waals surface area (Å²) in [6, 6.07) is 19.8. The van der Waals surface area contributed by atoms with Crippen LogP contribution in [-0.2, 0) is 16.6 Å². The van der Waals surface area contributed by atoms with E-state index in [-0.39, 0.29) is 5.82 Å². The Bertz CT molecular complexity index is 904. The molecule has 1 atom stereocenters. The number of rotatable bonds is 5. The maximum absolute atomic E-state index is 13.0. The third kappa shape index (κ3) is 4.15. The fourth-order valence-corrected chi connectivity index (χ4v) is 3.79. The Morgan fingerprint density at radius 3 is 2.44 bits per heavy atom. The van der Waals surface area contributed by atoms with Crippen LogP contribution in [0.3, 0.4) is 0 Å². The summed E-state index contributed by atoms with van der Waals surface area (Å²) >= 11 is 0. The molecule has 0 saturated carbocycles. The summed E-state index contributed by atoms with van der Waals surface area (Å²) in [6.07, 6.45) is 0. The van der Waals surface area contributed by atoms with Crippen LogP contribution in [0.2, 0.25) is 0 Å². The van der Waals surface area contributed by atoms with Crippen LogP contribution in [0.25, 0.3) is 11.1 Å². The molecule has 0 aliphatic rings. The Morgan fingerprint density at radius 2 is 1.76 bits per heavy atom. The highest BCUT2D eigenvalue weighted by molar-refractivity contribution is 7.84. The summed E-state index contributed by atoms with van der Waals surface area (Å²) in [5.41, 5.74) is 4.14. The van der Waals surface area contributed by atoms with E-state index in [0.717, 1.165) is 22.4 Å². The molecule has 0 saturated heterocycles. The zero-order valence-electron chi connectivity index (χ0n) is 14.2. The molecule has 0 N–H and O–H groups in total. The van der Waals surface area contributed by atoms with E-state index in [1.165, 1.54) is 17.7 Å². The maximum atomic E-state index is 13.0. The number of hydrogen-bond donors (Lipinski definition) is 0. The van der Waals surface area contributed by atoms with Crippen molar-refractivity contribution in [2.75, 3.05) is 7.11 Å². The number of methoxy groups -OCH3 is 1. The molecule has 1 unspecified atom stereocenters. The molecule has 128 valence electrons. The smallest absolute Gasteiger partial charge is 0.126 e. The predicted octanol–water partition coefficient (Wildman–Crippen LogP) is 5.12. The number of aryl methyl sites for hydroxylation is 1. The Hall–Kier alpha value is -2.46. The Labute approximate surface area is 149 Å². The minimum Gasteiger partial charge on any atom is -0.496 e. The van der Waals surface area contributed by atoms with E-state index in [1.54, 1.807) is 19.2 Å². The van der Waals surface area contributed by atoms with Gasteiger partial charge in [0, 0.05) is 10.5 Å². The van der Waals surface area contributed by atoms with Gasteiger partial charge >= 0.3 is 0 Å². The van der Waals surface area contributed by atoms with Crippen molar-refractivity contribution >= 4 is 10.8 Å². The first kappa shape index (κ1) is 17.4. The average Bonchev–Trinajstić information content (AvgIpc) is 2.62. The van der Waals surface area contributed by atoms with Crippen molar-refractivity contribution in [3.05, 3.63) is 83.7 Å². The maximum Gasteiger partial charge on any atom is 0.126 e. The van der Waals surface area contributed by atoms with E-state index < -0.39 is 10.8 Å². The van der Waals surface area contributed by atoms with E-state index in [4.69, 9.17) is 4.74 Å². The van der Waals surface area contributed by atoms with Gasteiger partial charge in [-0.1, -0.05) is 35.9 Å². The predicted molar refractivity (Wildman–Crippen MR) is 99.7 cm³/mol. The van der Waals surface area contributed by atoms with E-state index in [1.807, 2.05) is 43.3 Å². The van der Waals surface area contributed by atoms with Gasteiger partial charge in [-0.25, -0.2) is 4.39 Å². The van der Waals surface area contributed by atoms with Crippen LogP contribution < -0.4 is 4.74 Å². The summed E-state index contributed by atoms with van der Waals surface area (Å²) < 4.78 is 31.0. The first-order chi connectivity index (χ1) is 12.1. The number of benzene rings is 3. The monoisotopic (exact) mass is 354 g/mol. The van der Waals surface area contributed by atoms with Crippen molar-refractivity contribution in [3.63, 3.8) is 0 Å². The van der Waals surface area contributed by atoms with Crippen molar-refractivity contribution in [2.45, 2.75) is 17.6 Å². The molecular weight excluding hydrogens is 335 g/mol. The van der Waals surface area contributed by atoms with Crippen LogP contribution in [-0.4, -0.2) is 11.3 Å². The molecule has 3 rings (SSSR count). The van der Waals surface area contributed by atoms with Gasteiger partial charge in [-0.15, -0.1) is 0 Å². The molecule has 0 radical (unpaired) electrons. The van der Waals surface area contributed by atoms with Gasteiger partial charge in [-0.3, -0.25) is 4.21 Å². The van der Waals surface area contributed by atoms with Gasteiger partial charge in [0.05, 0.1) is 23.7 Å². The third-order valence-electron chi connectivity index (χ3n) is 3.97. The zero-order chi connectivity index (χ0) is 17.8. The minimum atomic E-state index is -1.23. The summed E-state index contributed by atoms with van der Waals surface area (Å²) in [4.78, 5) is 0.620. The van der Waals surface area contributed by atoms with Crippen molar-refractivity contribution < 1.29 is 13.3 Å². The minimum absolute atomic E-state index is 0.327. The molecule has 0 spiro atoms. The second kappa shape index (κ2) is 7.62. The molecule has 2 nitrogen and oxygen atoms in total. The van der Waals surface area contributed by atoms with Gasteiger partial charge < -0.3 is 4.74 Å². The number of ether oxygens (including phenoxy) is 1. The summed E-state index contributed by atoms with van der Waals surface area (Å²) in [6.45, 7) is 2.05. The Balaban J connectivity index is 1.91. The lowest BCUT2D eigenvalue weighted by Crippen LogP contribution is -1.98. The van der Waals surface area contributed by atoms with Crippen LogP contribution >= 0.6 is 0 Å². The van der Waals surface area contributed by atoms with Crippen LogP contribution in [0.5, 0.6) is 5.75 Å². The van der Waals surface area contributed by atoms with Crippen LogP contribution in [0, 0.1) is 12.7 Å². The Kier molecular flexibility index (Phi) is 5.29. The van der Waals surface area contributed by atoms with Crippen LogP contribution in [0.4, 0.5) is 4.39 Å². The second-order valence-electron chi connectivity index (χ2n) is 5.85. The molecule has 0 amide bonds. The number of hydrogen-bond acceptors (Lipinski definition) is 2. The third-order valence-corrected chi connectivity index (χ3v) is 5.36. The van der Waals surface area contributed by atoms with Gasteiger partial charge in [-0.2, -0.15) is 0 Å². The van der Waals surface area contributed by atoms with Gasteiger partial charge in [0.15, 0.2) is 0 Å².